The van der Waals surface area contributed by atoms with Crippen molar-refractivity contribution >= 4 is 16.6 Å². The molecule has 0 fully saturated rings. The maximum atomic E-state index is 12.4. The van der Waals surface area contributed by atoms with Crippen molar-refractivity contribution < 1.29 is 9.47 Å². The lowest BCUT2D eigenvalue weighted by atomic mass is 10.1. The Balaban J connectivity index is 2.39. The largest absolute Gasteiger partial charge is 0.489 e. The number of nitrogens with one attached hydrogen (secondary N) is 2. The molecule has 0 saturated heterocycles. The Morgan fingerprint density at radius 3 is 2.62 bits per heavy atom. The maximum absolute atomic E-state index is 12.4. The molecule has 1 aromatic heterocycles. The third-order valence-corrected chi connectivity index (χ3v) is 3.81. The number of hydrogen-bond acceptors (Lipinski definition) is 4. The highest BCUT2D eigenvalue weighted by atomic mass is 16.5. The van der Waals surface area contributed by atoms with Crippen molar-refractivity contribution in [3.63, 3.8) is 0 Å². The highest BCUT2D eigenvalue weighted by Crippen LogP contribution is 2.33. The number of benzene rings is 1. The molecule has 5 heteroatoms. The summed E-state index contributed by atoms with van der Waals surface area (Å²) in [6, 6.07) is 5.81. The van der Waals surface area contributed by atoms with Gasteiger partial charge in [0.25, 0.3) is 5.56 Å². The van der Waals surface area contributed by atoms with Crippen LogP contribution in [-0.4, -0.2) is 24.7 Å². The van der Waals surface area contributed by atoms with Gasteiger partial charge >= 0.3 is 0 Å². The second-order valence-corrected chi connectivity index (χ2v) is 6.20. The van der Waals surface area contributed by atoms with Crippen LogP contribution in [0.1, 0.15) is 46.5 Å². The molecule has 0 saturated carbocycles. The van der Waals surface area contributed by atoms with Crippen LogP contribution >= 0.6 is 0 Å². The summed E-state index contributed by atoms with van der Waals surface area (Å²) in [6.07, 6.45) is 4.38. The summed E-state index contributed by atoms with van der Waals surface area (Å²) < 4.78 is 11.7. The number of anilines is 1. The highest BCUT2D eigenvalue weighted by molar-refractivity contribution is 5.89. The molecule has 132 valence electrons. The lowest BCUT2D eigenvalue weighted by molar-refractivity contribution is 0.217. The summed E-state index contributed by atoms with van der Waals surface area (Å²) in [6.45, 7) is 6.57. The first-order valence-corrected chi connectivity index (χ1v) is 8.74. The fourth-order valence-corrected chi connectivity index (χ4v) is 2.59. The van der Waals surface area contributed by atoms with Crippen LogP contribution in [-0.2, 0) is 0 Å². The quantitative estimate of drug-likeness (QED) is 0.671. The van der Waals surface area contributed by atoms with Crippen molar-refractivity contribution in [1.29, 1.82) is 0 Å². The Morgan fingerprint density at radius 2 is 1.96 bits per heavy atom. The molecule has 0 radical (unpaired) electrons. The van der Waals surface area contributed by atoms with Crippen molar-refractivity contribution in [3.05, 3.63) is 28.6 Å². The fraction of sp³-hybridized carbons (Fsp3) is 0.526. The molecule has 0 bridgehead atoms. The third-order valence-electron chi connectivity index (χ3n) is 3.81. The molecule has 0 amide bonds. The van der Waals surface area contributed by atoms with Gasteiger partial charge in [-0.3, -0.25) is 4.79 Å². The first-order chi connectivity index (χ1) is 11.6. The molecule has 0 spiro atoms. The Labute approximate surface area is 143 Å². The van der Waals surface area contributed by atoms with Gasteiger partial charge < -0.3 is 19.8 Å². The van der Waals surface area contributed by atoms with E-state index in [2.05, 4.69) is 17.2 Å². The van der Waals surface area contributed by atoms with E-state index in [0.717, 1.165) is 29.4 Å². The Morgan fingerprint density at radius 1 is 1.17 bits per heavy atom. The van der Waals surface area contributed by atoms with Crippen LogP contribution in [0.3, 0.4) is 0 Å². The molecule has 5 nitrogen and oxygen atoms in total. The van der Waals surface area contributed by atoms with Crippen molar-refractivity contribution in [1.82, 2.24) is 4.98 Å². The zero-order valence-electron chi connectivity index (χ0n) is 15.1. The van der Waals surface area contributed by atoms with Gasteiger partial charge in [0.1, 0.15) is 0 Å². The van der Waals surface area contributed by atoms with E-state index in [-0.39, 0.29) is 17.4 Å². The number of hydrogen-bond donors (Lipinski definition) is 2. The average molecular weight is 332 g/mol. The first kappa shape index (κ1) is 18.2. The SMILES string of the molecule is CCCCCCOc1c(OC(C)C)c(=O)[nH]c2cc(NC)ccc12. The van der Waals surface area contributed by atoms with Crippen molar-refractivity contribution in [3.8, 4) is 11.5 Å². The molecule has 2 rings (SSSR count). The Bertz CT molecular complexity index is 722. The molecular formula is C19H28N2O3. The van der Waals surface area contributed by atoms with Crippen molar-refractivity contribution in [2.75, 3.05) is 19.0 Å². The van der Waals surface area contributed by atoms with Gasteiger partial charge in [0.05, 0.1) is 18.2 Å². The molecule has 1 heterocycles. The predicted octanol–water partition coefficient (Wildman–Crippen LogP) is 4.32. The van der Waals surface area contributed by atoms with Gasteiger partial charge in [-0.05, 0) is 38.5 Å². The van der Waals surface area contributed by atoms with Crippen LogP contribution in [0.2, 0.25) is 0 Å². The Kier molecular flexibility index (Phi) is 6.53. The van der Waals surface area contributed by atoms with Gasteiger partial charge in [-0.15, -0.1) is 0 Å². The van der Waals surface area contributed by atoms with Gasteiger partial charge in [0.2, 0.25) is 5.75 Å². The molecule has 2 N–H and O–H groups in total. The number of ether oxygens (including phenoxy) is 2. The van der Waals surface area contributed by atoms with E-state index in [1.165, 1.54) is 12.8 Å². The van der Waals surface area contributed by atoms with Gasteiger partial charge in [-0.2, -0.15) is 0 Å². The second kappa shape index (κ2) is 8.62. The van der Waals surface area contributed by atoms with Crippen LogP contribution < -0.4 is 20.3 Å². The molecular weight excluding hydrogens is 304 g/mol. The lowest BCUT2D eigenvalue weighted by Crippen LogP contribution is -2.18. The summed E-state index contributed by atoms with van der Waals surface area (Å²) in [5.74, 6) is 0.812. The van der Waals surface area contributed by atoms with E-state index >= 15 is 0 Å². The zero-order chi connectivity index (χ0) is 17.5. The maximum Gasteiger partial charge on any atom is 0.294 e. The predicted molar refractivity (Wildman–Crippen MR) is 99.5 cm³/mol. The molecule has 1 aromatic carbocycles. The number of aromatic amines is 1. The summed E-state index contributed by atoms with van der Waals surface area (Å²) >= 11 is 0. The number of unbranched alkanes of at least 4 members (excludes halogenated alkanes) is 3. The molecule has 0 aliphatic carbocycles. The number of pyridine rings is 1. The minimum Gasteiger partial charge on any atom is -0.489 e. The molecule has 0 aliphatic heterocycles. The third kappa shape index (κ3) is 4.43. The lowest BCUT2D eigenvalue weighted by Gasteiger charge is -2.16. The summed E-state index contributed by atoms with van der Waals surface area (Å²) in [5, 5.41) is 3.94. The van der Waals surface area contributed by atoms with Crippen LogP contribution in [0.15, 0.2) is 23.0 Å². The van der Waals surface area contributed by atoms with Crippen LogP contribution in [0.4, 0.5) is 5.69 Å². The first-order valence-electron chi connectivity index (χ1n) is 8.74. The van der Waals surface area contributed by atoms with E-state index in [0.29, 0.717) is 12.4 Å². The molecule has 0 unspecified atom stereocenters. The molecule has 0 atom stereocenters. The fourth-order valence-electron chi connectivity index (χ4n) is 2.59. The monoisotopic (exact) mass is 332 g/mol. The van der Waals surface area contributed by atoms with E-state index in [9.17, 15) is 4.79 Å². The van der Waals surface area contributed by atoms with Crippen LogP contribution in [0, 0.1) is 0 Å². The minimum absolute atomic E-state index is 0.0948. The van der Waals surface area contributed by atoms with Gasteiger partial charge in [0.15, 0.2) is 5.75 Å². The standard InChI is InChI=1S/C19H28N2O3/c1-5-6-7-8-11-23-17-15-10-9-14(20-4)12-16(15)21-19(22)18(17)24-13(2)3/h9-10,12-13,20H,5-8,11H2,1-4H3,(H,21,22). The average Bonchev–Trinajstić information content (AvgIpc) is 2.56. The summed E-state index contributed by atoms with van der Waals surface area (Å²) in [4.78, 5) is 15.3. The van der Waals surface area contributed by atoms with Crippen LogP contribution in [0.25, 0.3) is 10.9 Å². The van der Waals surface area contributed by atoms with E-state index in [1.54, 1.807) is 0 Å². The van der Waals surface area contributed by atoms with Gasteiger partial charge in [0, 0.05) is 18.1 Å². The van der Waals surface area contributed by atoms with Crippen LogP contribution in [0.5, 0.6) is 11.5 Å². The van der Waals surface area contributed by atoms with Gasteiger partial charge in [-0.25, -0.2) is 0 Å². The number of H-pyrrole nitrogens is 1. The number of rotatable bonds is 9. The minimum atomic E-state index is -0.256. The second-order valence-electron chi connectivity index (χ2n) is 6.20. The molecule has 2 aromatic rings. The van der Waals surface area contributed by atoms with E-state index < -0.39 is 0 Å². The summed E-state index contributed by atoms with van der Waals surface area (Å²) in [7, 11) is 1.85. The summed E-state index contributed by atoms with van der Waals surface area (Å²) in [5.41, 5.74) is 1.42. The van der Waals surface area contributed by atoms with Crippen molar-refractivity contribution in [2.24, 2.45) is 0 Å². The number of fused-ring (bicyclic) bond motifs is 1. The van der Waals surface area contributed by atoms with E-state index in [4.69, 9.17) is 9.47 Å². The van der Waals surface area contributed by atoms with Crippen molar-refractivity contribution in [2.45, 2.75) is 52.6 Å². The number of aromatic nitrogens is 1. The zero-order valence-corrected chi connectivity index (χ0v) is 15.1. The normalized spacial score (nSPS) is 11.0. The topological polar surface area (TPSA) is 63.4 Å². The van der Waals surface area contributed by atoms with Gasteiger partial charge in [-0.1, -0.05) is 26.2 Å². The highest BCUT2D eigenvalue weighted by Gasteiger charge is 2.17. The van der Waals surface area contributed by atoms with E-state index in [1.807, 2.05) is 39.1 Å². The molecule has 24 heavy (non-hydrogen) atoms. The Hall–Kier alpha value is -2.17. The molecule has 0 aliphatic rings. The smallest absolute Gasteiger partial charge is 0.294 e.